The Morgan fingerprint density at radius 1 is 1.50 bits per heavy atom. The Kier molecular flexibility index (Phi) is 3.82. The van der Waals surface area contributed by atoms with Crippen molar-refractivity contribution in [3.8, 4) is 0 Å². The summed E-state index contributed by atoms with van der Waals surface area (Å²) in [6.07, 6.45) is 1.00. The minimum atomic E-state index is -0.00684. The fourth-order valence-electron chi connectivity index (χ4n) is 2.08. The van der Waals surface area contributed by atoms with Crippen molar-refractivity contribution < 1.29 is 14.3 Å². The van der Waals surface area contributed by atoms with Gasteiger partial charge in [-0.25, -0.2) is 0 Å². The maximum absolute atomic E-state index is 11.5. The monoisotopic (exact) mass is 227 g/mol. The summed E-state index contributed by atoms with van der Waals surface area (Å²) >= 11 is 0. The number of rotatable bonds is 4. The lowest BCUT2D eigenvalue weighted by atomic mass is 10.2. The van der Waals surface area contributed by atoms with Crippen LogP contribution >= 0.6 is 0 Å². The first-order chi connectivity index (χ1) is 7.68. The van der Waals surface area contributed by atoms with Crippen LogP contribution in [0.15, 0.2) is 0 Å². The van der Waals surface area contributed by atoms with Crippen molar-refractivity contribution in [2.75, 3.05) is 32.9 Å². The minimum absolute atomic E-state index is 0.00684. The van der Waals surface area contributed by atoms with Crippen molar-refractivity contribution in [1.29, 1.82) is 0 Å². The van der Waals surface area contributed by atoms with Gasteiger partial charge in [0.25, 0.3) is 0 Å². The van der Waals surface area contributed by atoms with Gasteiger partial charge in [-0.2, -0.15) is 0 Å². The van der Waals surface area contributed by atoms with Crippen LogP contribution in [0, 0.1) is 11.8 Å². The van der Waals surface area contributed by atoms with Gasteiger partial charge in [-0.1, -0.05) is 6.92 Å². The molecule has 2 aliphatic rings. The molecule has 3 atom stereocenters. The summed E-state index contributed by atoms with van der Waals surface area (Å²) in [4.78, 5) is 13.9. The fourth-order valence-corrected chi connectivity index (χ4v) is 2.08. The summed E-state index contributed by atoms with van der Waals surface area (Å²) in [5.74, 6) is 0.704. The van der Waals surface area contributed by atoms with Gasteiger partial charge in [0, 0.05) is 19.1 Å². The number of morpholine rings is 1. The molecule has 4 heteroatoms. The lowest BCUT2D eigenvalue weighted by Gasteiger charge is -2.31. The largest absolute Gasteiger partial charge is 0.464 e. The molecular weight excluding hydrogens is 206 g/mol. The number of nitrogens with zero attached hydrogens (tertiary/aromatic N) is 1. The predicted molar refractivity (Wildman–Crippen MR) is 60.1 cm³/mol. The van der Waals surface area contributed by atoms with E-state index < -0.39 is 0 Å². The molecule has 0 spiro atoms. The molecule has 1 saturated carbocycles. The zero-order valence-electron chi connectivity index (χ0n) is 10.1. The Bertz CT molecular complexity index is 251. The molecule has 1 saturated heterocycles. The third-order valence-corrected chi connectivity index (χ3v) is 3.55. The molecule has 1 heterocycles. The van der Waals surface area contributed by atoms with Crippen LogP contribution in [-0.2, 0) is 14.3 Å². The number of hydrogen-bond acceptors (Lipinski definition) is 4. The van der Waals surface area contributed by atoms with E-state index in [1.807, 2.05) is 0 Å². The Labute approximate surface area is 96.9 Å². The quantitative estimate of drug-likeness (QED) is 0.669. The molecule has 0 aromatic carbocycles. The summed E-state index contributed by atoms with van der Waals surface area (Å²) in [6.45, 7) is 8.18. The molecule has 0 aromatic heterocycles. The van der Waals surface area contributed by atoms with Crippen LogP contribution in [0.5, 0.6) is 0 Å². The molecule has 0 aromatic rings. The van der Waals surface area contributed by atoms with Gasteiger partial charge in [-0.15, -0.1) is 0 Å². The normalized spacial score (nSPS) is 32.1. The molecule has 2 unspecified atom stereocenters. The van der Waals surface area contributed by atoms with Crippen LogP contribution in [0.1, 0.15) is 20.3 Å². The predicted octanol–water partition coefficient (Wildman–Crippen LogP) is 0.906. The molecule has 4 nitrogen and oxygen atoms in total. The molecule has 0 N–H and O–H groups in total. The van der Waals surface area contributed by atoms with Crippen LogP contribution < -0.4 is 0 Å². The number of esters is 1. The van der Waals surface area contributed by atoms with Crippen molar-refractivity contribution in [2.24, 2.45) is 11.8 Å². The summed E-state index contributed by atoms with van der Waals surface area (Å²) in [6, 6.07) is 0.307. The van der Waals surface area contributed by atoms with E-state index in [-0.39, 0.29) is 11.9 Å². The van der Waals surface area contributed by atoms with E-state index in [4.69, 9.17) is 9.47 Å². The van der Waals surface area contributed by atoms with Crippen molar-refractivity contribution in [2.45, 2.75) is 26.3 Å². The van der Waals surface area contributed by atoms with Crippen LogP contribution in [0.2, 0.25) is 0 Å². The van der Waals surface area contributed by atoms with Crippen molar-refractivity contribution >= 4 is 5.97 Å². The summed E-state index contributed by atoms with van der Waals surface area (Å²) in [7, 11) is 0. The van der Waals surface area contributed by atoms with Gasteiger partial charge < -0.3 is 9.47 Å². The molecule has 2 fully saturated rings. The van der Waals surface area contributed by atoms with Crippen LogP contribution in [0.3, 0.4) is 0 Å². The Balaban J connectivity index is 1.66. The maximum Gasteiger partial charge on any atom is 0.309 e. The van der Waals surface area contributed by atoms with E-state index in [1.54, 1.807) is 0 Å². The first kappa shape index (κ1) is 11.9. The van der Waals surface area contributed by atoms with E-state index in [0.29, 0.717) is 18.6 Å². The number of carbonyl (C=O) groups excluding carboxylic acids is 1. The number of hydrogen-bond donors (Lipinski definition) is 0. The minimum Gasteiger partial charge on any atom is -0.464 e. The van der Waals surface area contributed by atoms with Gasteiger partial charge in [0.1, 0.15) is 6.61 Å². The number of carbonyl (C=O) groups is 1. The van der Waals surface area contributed by atoms with Gasteiger partial charge in [0.05, 0.1) is 19.1 Å². The summed E-state index contributed by atoms with van der Waals surface area (Å²) < 4.78 is 10.6. The van der Waals surface area contributed by atoms with E-state index in [1.165, 1.54) is 0 Å². The second-order valence-electron chi connectivity index (χ2n) is 4.95. The van der Waals surface area contributed by atoms with Crippen molar-refractivity contribution in [1.82, 2.24) is 4.90 Å². The van der Waals surface area contributed by atoms with Gasteiger partial charge in [0.15, 0.2) is 0 Å². The highest BCUT2D eigenvalue weighted by Gasteiger charge is 2.40. The molecule has 2 rings (SSSR count). The summed E-state index contributed by atoms with van der Waals surface area (Å²) in [5, 5.41) is 0. The Morgan fingerprint density at radius 3 is 2.69 bits per heavy atom. The van der Waals surface area contributed by atoms with Crippen molar-refractivity contribution in [3.05, 3.63) is 0 Å². The lowest BCUT2D eigenvalue weighted by molar-refractivity contribution is -0.147. The van der Waals surface area contributed by atoms with Gasteiger partial charge >= 0.3 is 5.97 Å². The maximum atomic E-state index is 11.5. The fraction of sp³-hybridized carbons (Fsp3) is 0.917. The topological polar surface area (TPSA) is 38.8 Å². The lowest BCUT2D eigenvalue weighted by Crippen LogP contribution is -2.44. The molecule has 92 valence electrons. The zero-order valence-corrected chi connectivity index (χ0v) is 10.1. The van der Waals surface area contributed by atoms with E-state index in [9.17, 15) is 4.79 Å². The molecule has 1 aliphatic heterocycles. The van der Waals surface area contributed by atoms with Gasteiger partial charge in [-0.3, -0.25) is 9.69 Å². The number of ether oxygens (including phenoxy) is 2. The molecule has 0 amide bonds. The zero-order chi connectivity index (χ0) is 11.5. The van der Waals surface area contributed by atoms with Gasteiger partial charge in [-0.05, 0) is 19.3 Å². The second-order valence-corrected chi connectivity index (χ2v) is 4.95. The molecule has 0 radical (unpaired) electrons. The second kappa shape index (κ2) is 5.15. The summed E-state index contributed by atoms with van der Waals surface area (Å²) in [5.41, 5.74) is 0. The van der Waals surface area contributed by atoms with Crippen LogP contribution in [0.25, 0.3) is 0 Å². The first-order valence-corrected chi connectivity index (χ1v) is 6.17. The average molecular weight is 227 g/mol. The van der Waals surface area contributed by atoms with Crippen LogP contribution in [-0.4, -0.2) is 49.8 Å². The van der Waals surface area contributed by atoms with E-state index in [0.717, 1.165) is 32.7 Å². The highest BCUT2D eigenvalue weighted by molar-refractivity contribution is 5.75. The highest BCUT2D eigenvalue weighted by atomic mass is 16.5. The van der Waals surface area contributed by atoms with Crippen molar-refractivity contribution in [3.63, 3.8) is 0 Å². The molecule has 1 aliphatic carbocycles. The van der Waals surface area contributed by atoms with E-state index >= 15 is 0 Å². The van der Waals surface area contributed by atoms with Crippen LogP contribution in [0.4, 0.5) is 0 Å². The standard InChI is InChI=1S/C12H21NO3/c1-9-7-11(9)12(14)16-8-10(2)13-3-5-15-6-4-13/h9-11H,3-8H2,1-2H3/t9?,10-,11?/m0/s1. The molecule has 16 heavy (non-hydrogen) atoms. The SMILES string of the molecule is CC1CC1C(=O)OC[C@H](C)N1CCOCC1. The highest BCUT2D eigenvalue weighted by Crippen LogP contribution is 2.38. The first-order valence-electron chi connectivity index (χ1n) is 6.17. The van der Waals surface area contributed by atoms with Gasteiger partial charge in [0.2, 0.25) is 0 Å². The third kappa shape index (κ3) is 2.95. The Hall–Kier alpha value is -0.610. The third-order valence-electron chi connectivity index (χ3n) is 3.55. The molecule has 0 bridgehead atoms. The smallest absolute Gasteiger partial charge is 0.309 e. The molecular formula is C12H21NO3. The average Bonchev–Trinajstić information content (AvgIpc) is 3.04. The van der Waals surface area contributed by atoms with E-state index in [2.05, 4.69) is 18.7 Å². The Morgan fingerprint density at radius 2 is 2.12 bits per heavy atom.